The Balaban J connectivity index is 3.15. The second-order valence-corrected chi connectivity index (χ2v) is 2.97. The maximum Gasteiger partial charge on any atom is 0.116 e. The number of hydrogen-bond acceptors (Lipinski definition) is 3. The molecule has 2 radical (unpaired) electrons. The highest BCUT2D eigenvalue weighted by atomic mass is 32.2. The van der Waals surface area contributed by atoms with Crippen LogP contribution in [0.4, 0.5) is 5.69 Å². The number of hydrogen-bond donors (Lipinski definition) is 1. The van der Waals surface area contributed by atoms with Gasteiger partial charge in [-0.25, -0.2) is 0 Å². The molecule has 0 heterocycles. The second-order valence-electron chi connectivity index (χ2n) is 2.03. The first-order valence-corrected chi connectivity index (χ1v) is 3.93. The molecule has 0 fully saturated rings. The summed E-state index contributed by atoms with van der Waals surface area (Å²) < 4.78 is 20.7. The minimum atomic E-state index is -2.23. The first-order chi connectivity index (χ1) is 5.11. The lowest BCUT2D eigenvalue weighted by molar-refractivity contribution is 0.537. The average Bonchev–Trinajstić information content (AvgIpc) is 1.94. The normalized spacial score (nSPS) is 12.8. The molecular weight excluding hydrogens is 161 g/mol. The Morgan fingerprint density at radius 3 is 2.64 bits per heavy atom. The average molecular weight is 166 g/mol. The third-order valence-corrected chi connectivity index (χ3v) is 1.89. The molecule has 3 nitrogen and oxygen atoms in total. The summed E-state index contributed by atoms with van der Waals surface area (Å²) in [6, 6.07) is 4.17. The second kappa shape index (κ2) is 3.06. The number of nitrogen functional groups attached to an aromatic ring is 1. The van der Waals surface area contributed by atoms with Gasteiger partial charge in [0.25, 0.3) is 0 Å². The van der Waals surface area contributed by atoms with E-state index in [0.29, 0.717) is 5.46 Å². The highest BCUT2D eigenvalue weighted by molar-refractivity contribution is 7.79. The number of nitrogens with two attached hydrogens (primary N) is 1. The van der Waals surface area contributed by atoms with E-state index in [4.69, 9.17) is 13.6 Å². The SMILES string of the molecule is [B]c1ccc(S(=O)[O-])cc1N. The molecule has 0 saturated carbocycles. The Morgan fingerprint density at radius 2 is 2.18 bits per heavy atom. The van der Waals surface area contributed by atoms with E-state index in [9.17, 15) is 8.76 Å². The lowest BCUT2D eigenvalue weighted by Crippen LogP contribution is -2.09. The maximum absolute atomic E-state index is 10.4. The first-order valence-electron chi connectivity index (χ1n) is 2.85. The van der Waals surface area contributed by atoms with E-state index < -0.39 is 11.1 Å². The molecule has 0 bridgehead atoms. The van der Waals surface area contributed by atoms with E-state index in [1.807, 2.05) is 0 Å². The summed E-state index contributed by atoms with van der Waals surface area (Å²) in [5.74, 6) is 0. The van der Waals surface area contributed by atoms with Crippen molar-refractivity contribution in [3.63, 3.8) is 0 Å². The van der Waals surface area contributed by atoms with Gasteiger partial charge in [0, 0.05) is 10.6 Å². The minimum Gasteiger partial charge on any atom is -0.768 e. The number of anilines is 1. The molecule has 1 aromatic rings. The predicted molar refractivity (Wildman–Crippen MR) is 43.4 cm³/mol. The van der Waals surface area contributed by atoms with Crippen molar-refractivity contribution in [1.29, 1.82) is 0 Å². The molecule has 1 aromatic carbocycles. The largest absolute Gasteiger partial charge is 0.768 e. The van der Waals surface area contributed by atoms with Crippen LogP contribution < -0.4 is 11.2 Å². The standard InChI is InChI=1S/C6H6BNO2S/c7-5-2-1-4(11(9)10)3-6(5)8/h1-3H,8H2,(H,9,10)/p-1. The van der Waals surface area contributed by atoms with Gasteiger partial charge in [-0.3, -0.25) is 4.21 Å². The van der Waals surface area contributed by atoms with Gasteiger partial charge in [0.1, 0.15) is 7.85 Å². The topological polar surface area (TPSA) is 66.1 Å². The maximum atomic E-state index is 10.4. The van der Waals surface area contributed by atoms with Gasteiger partial charge in [-0.15, -0.1) is 0 Å². The highest BCUT2D eigenvalue weighted by Gasteiger charge is 1.95. The van der Waals surface area contributed by atoms with E-state index in [0.717, 1.165) is 0 Å². The fourth-order valence-electron chi connectivity index (χ4n) is 0.657. The van der Waals surface area contributed by atoms with E-state index in [1.165, 1.54) is 18.2 Å². The lowest BCUT2D eigenvalue weighted by atomic mass is 9.95. The zero-order chi connectivity index (χ0) is 8.43. The Morgan fingerprint density at radius 1 is 1.55 bits per heavy atom. The first kappa shape index (κ1) is 8.29. The van der Waals surface area contributed by atoms with Crippen LogP contribution >= 0.6 is 0 Å². The van der Waals surface area contributed by atoms with Crippen LogP contribution in [0.25, 0.3) is 0 Å². The van der Waals surface area contributed by atoms with Crippen molar-refractivity contribution in [2.75, 3.05) is 5.73 Å². The van der Waals surface area contributed by atoms with Crippen LogP contribution in [0.3, 0.4) is 0 Å². The molecule has 11 heavy (non-hydrogen) atoms. The molecule has 56 valence electrons. The molecule has 2 N–H and O–H groups in total. The van der Waals surface area contributed by atoms with Crippen molar-refractivity contribution in [3.8, 4) is 0 Å². The van der Waals surface area contributed by atoms with Crippen LogP contribution in [0, 0.1) is 0 Å². The van der Waals surface area contributed by atoms with Crippen molar-refractivity contribution >= 4 is 30.1 Å². The molecule has 1 atom stereocenters. The molecule has 0 aliphatic heterocycles. The van der Waals surface area contributed by atoms with Crippen molar-refractivity contribution < 1.29 is 8.76 Å². The number of rotatable bonds is 1. The predicted octanol–water partition coefficient (Wildman–Crippen LogP) is -0.699. The van der Waals surface area contributed by atoms with Gasteiger partial charge >= 0.3 is 0 Å². The van der Waals surface area contributed by atoms with Gasteiger partial charge in [-0.05, 0) is 23.2 Å². The van der Waals surface area contributed by atoms with E-state index in [1.54, 1.807) is 0 Å². The lowest BCUT2D eigenvalue weighted by Gasteiger charge is -2.06. The third-order valence-electron chi connectivity index (χ3n) is 1.25. The molecule has 0 aliphatic carbocycles. The molecule has 0 spiro atoms. The summed E-state index contributed by atoms with van der Waals surface area (Å²) in [7, 11) is 5.36. The van der Waals surface area contributed by atoms with Gasteiger partial charge < -0.3 is 10.3 Å². The highest BCUT2D eigenvalue weighted by Crippen LogP contribution is 2.06. The van der Waals surface area contributed by atoms with Crippen molar-refractivity contribution in [2.45, 2.75) is 4.90 Å². The molecule has 0 aliphatic rings. The van der Waals surface area contributed by atoms with Crippen LogP contribution in [0.15, 0.2) is 23.1 Å². The van der Waals surface area contributed by atoms with E-state index in [2.05, 4.69) is 0 Å². The van der Waals surface area contributed by atoms with E-state index >= 15 is 0 Å². The van der Waals surface area contributed by atoms with Crippen LogP contribution in [0.5, 0.6) is 0 Å². The molecule has 5 heteroatoms. The molecule has 0 amide bonds. The Bertz CT molecular complexity index is 303. The van der Waals surface area contributed by atoms with Crippen molar-refractivity contribution in [2.24, 2.45) is 0 Å². The van der Waals surface area contributed by atoms with Crippen LogP contribution in [-0.2, 0) is 11.1 Å². The zero-order valence-electron chi connectivity index (χ0n) is 5.61. The summed E-state index contributed by atoms with van der Waals surface area (Å²) in [5, 5.41) is 0. The summed E-state index contributed by atoms with van der Waals surface area (Å²) in [6.45, 7) is 0. The van der Waals surface area contributed by atoms with Crippen LogP contribution in [0.2, 0.25) is 0 Å². The minimum absolute atomic E-state index is 0.150. The third kappa shape index (κ3) is 1.81. The van der Waals surface area contributed by atoms with Crippen LogP contribution in [0.1, 0.15) is 0 Å². The summed E-state index contributed by atoms with van der Waals surface area (Å²) in [6.07, 6.45) is 0. The van der Waals surface area contributed by atoms with E-state index in [-0.39, 0.29) is 10.6 Å². The van der Waals surface area contributed by atoms with Gasteiger partial charge in [0.05, 0.1) is 0 Å². The zero-order valence-corrected chi connectivity index (χ0v) is 6.43. The Hall–Kier alpha value is -0.805. The number of benzene rings is 1. The van der Waals surface area contributed by atoms with Crippen molar-refractivity contribution in [1.82, 2.24) is 0 Å². The quantitative estimate of drug-likeness (QED) is 0.340. The summed E-state index contributed by atoms with van der Waals surface area (Å²) in [5.41, 5.74) is 6.03. The van der Waals surface area contributed by atoms with Gasteiger partial charge in [0.15, 0.2) is 0 Å². The fraction of sp³-hybridized carbons (Fsp3) is 0. The van der Waals surface area contributed by atoms with Crippen molar-refractivity contribution in [3.05, 3.63) is 18.2 Å². The van der Waals surface area contributed by atoms with Crippen LogP contribution in [-0.4, -0.2) is 16.6 Å². The molecule has 1 unspecified atom stereocenters. The Labute approximate surface area is 68.3 Å². The Kier molecular flexibility index (Phi) is 2.31. The molecule has 0 saturated heterocycles. The summed E-state index contributed by atoms with van der Waals surface area (Å²) in [4.78, 5) is 0.150. The molecular formula is C6H5BNO2S-. The molecule has 0 aromatic heterocycles. The summed E-state index contributed by atoms with van der Waals surface area (Å²) >= 11 is -2.23. The fourth-order valence-corrected chi connectivity index (χ4v) is 1.06. The van der Waals surface area contributed by atoms with Gasteiger partial charge in [-0.1, -0.05) is 11.5 Å². The smallest absolute Gasteiger partial charge is 0.116 e. The molecule has 1 rings (SSSR count). The monoisotopic (exact) mass is 166 g/mol. The van der Waals surface area contributed by atoms with Gasteiger partial charge in [0.2, 0.25) is 0 Å². The van der Waals surface area contributed by atoms with Gasteiger partial charge in [-0.2, -0.15) is 0 Å².